The van der Waals surface area contributed by atoms with Gasteiger partial charge in [-0.3, -0.25) is 4.90 Å². The van der Waals surface area contributed by atoms with Crippen LogP contribution in [0.4, 0.5) is 0 Å². The van der Waals surface area contributed by atoms with Crippen molar-refractivity contribution in [2.45, 2.75) is 44.3 Å². The molecule has 1 aromatic carbocycles. The van der Waals surface area contributed by atoms with E-state index in [1.165, 1.54) is 49.7 Å². The van der Waals surface area contributed by atoms with Crippen LogP contribution in [0.2, 0.25) is 5.02 Å². The number of rotatable bonds is 3. The molecule has 4 heteroatoms. The first kappa shape index (κ1) is 13.6. The monoisotopic (exact) mass is 303 g/mol. The maximum atomic E-state index is 6.04. The zero-order valence-electron chi connectivity index (χ0n) is 12.2. The lowest BCUT2D eigenvalue weighted by Gasteiger charge is -2.32. The van der Waals surface area contributed by atoms with E-state index < -0.39 is 0 Å². The summed E-state index contributed by atoms with van der Waals surface area (Å²) in [6.45, 7) is 3.51. The van der Waals surface area contributed by atoms with Crippen molar-refractivity contribution in [1.29, 1.82) is 0 Å². The Hall–Kier alpha value is -1.03. The number of halogens is 1. The first-order valence-electron chi connectivity index (χ1n) is 8.04. The minimum atomic E-state index is 0.655. The van der Waals surface area contributed by atoms with Crippen molar-refractivity contribution >= 4 is 22.5 Å². The molecular weight excluding hydrogens is 282 g/mol. The Morgan fingerprint density at radius 2 is 2.19 bits per heavy atom. The molecule has 2 aromatic rings. The van der Waals surface area contributed by atoms with Crippen LogP contribution in [0, 0.1) is 0 Å². The third-order valence-corrected chi connectivity index (χ3v) is 5.38. The lowest BCUT2D eigenvalue weighted by molar-refractivity contribution is 0.180. The van der Waals surface area contributed by atoms with E-state index in [9.17, 15) is 0 Å². The lowest BCUT2D eigenvalue weighted by Crippen LogP contribution is -2.44. The summed E-state index contributed by atoms with van der Waals surface area (Å²) in [7, 11) is 0. The van der Waals surface area contributed by atoms with E-state index >= 15 is 0 Å². The molecule has 4 rings (SSSR count). The maximum Gasteiger partial charge on any atom is 0.0472 e. The van der Waals surface area contributed by atoms with Gasteiger partial charge in [0, 0.05) is 47.3 Å². The molecule has 0 amide bonds. The molecule has 1 aromatic heterocycles. The van der Waals surface area contributed by atoms with Gasteiger partial charge in [0.2, 0.25) is 0 Å². The van der Waals surface area contributed by atoms with Gasteiger partial charge in [0.15, 0.2) is 0 Å². The van der Waals surface area contributed by atoms with E-state index in [0.29, 0.717) is 6.04 Å². The third-order valence-electron chi connectivity index (χ3n) is 5.14. The number of nitrogens with zero attached hydrogens (tertiary/aromatic N) is 1. The number of hydrogen-bond acceptors (Lipinski definition) is 2. The van der Waals surface area contributed by atoms with Crippen molar-refractivity contribution in [1.82, 2.24) is 15.2 Å². The SMILES string of the molecule is Clc1ccc2c(CNC3CCN4CCCCC34)c[nH]c2c1. The van der Waals surface area contributed by atoms with E-state index in [4.69, 9.17) is 11.6 Å². The Labute approximate surface area is 130 Å². The number of H-pyrrole nitrogens is 1. The number of piperidine rings is 1. The molecule has 2 fully saturated rings. The molecule has 21 heavy (non-hydrogen) atoms. The van der Waals surface area contributed by atoms with Gasteiger partial charge in [-0.1, -0.05) is 24.1 Å². The van der Waals surface area contributed by atoms with Crippen molar-refractivity contribution in [2.24, 2.45) is 0 Å². The molecule has 3 nitrogen and oxygen atoms in total. The Morgan fingerprint density at radius 1 is 1.24 bits per heavy atom. The molecular formula is C17H22ClN3. The highest BCUT2D eigenvalue weighted by molar-refractivity contribution is 6.31. The molecule has 2 unspecified atom stereocenters. The van der Waals surface area contributed by atoms with Gasteiger partial charge in [0.05, 0.1) is 0 Å². The summed E-state index contributed by atoms with van der Waals surface area (Å²) < 4.78 is 0. The lowest BCUT2D eigenvalue weighted by atomic mass is 9.99. The second-order valence-electron chi connectivity index (χ2n) is 6.38. The van der Waals surface area contributed by atoms with Crippen molar-refractivity contribution in [3.05, 3.63) is 35.0 Å². The summed E-state index contributed by atoms with van der Waals surface area (Å²) in [5.74, 6) is 0. The standard InChI is InChI=1S/C17H22ClN3/c18-13-4-5-14-12(11-20-16(14)9-13)10-19-15-6-8-21-7-2-1-3-17(15)21/h4-5,9,11,15,17,19-20H,1-3,6-8,10H2. The fourth-order valence-corrected chi connectivity index (χ4v) is 4.20. The van der Waals surface area contributed by atoms with Crippen molar-refractivity contribution in [2.75, 3.05) is 13.1 Å². The van der Waals surface area contributed by atoms with Crippen LogP contribution in [-0.4, -0.2) is 35.1 Å². The molecule has 0 aliphatic carbocycles. The Balaban J connectivity index is 1.46. The zero-order valence-corrected chi connectivity index (χ0v) is 13.0. The van der Waals surface area contributed by atoms with E-state index in [1.807, 2.05) is 12.1 Å². The average molecular weight is 304 g/mol. The number of aromatic nitrogens is 1. The van der Waals surface area contributed by atoms with E-state index in [2.05, 4.69) is 27.5 Å². The van der Waals surface area contributed by atoms with Crippen molar-refractivity contribution in [3.63, 3.8) is 0 Å². The van der Waals surface area contributed by atoms with Crippen molar-refractivity contribution in [3.8, 4) is 0 Å². The number of benzene rings is 1. The predicted octanol–water partition coefficient (Wildman–Crippen LogP) is 3.54. The molecule has 112 valence electrons. The maximum absolute atomic E-state index is 6.04. The Morgan fingerprint density at radius 3 is 3.14 bits per heavy atom. The number of fused-ring (bicyclic) bond motifs is 2. The summed E-state index contributed by atoms with van der Waals surface area (Å²) in [6.07, 6.45) is 7.54. The van der Waals surface area contributed by atoms with Crippen LogP contribution in [0.5, 0.6) is 0 Å². The van der Waals surface area contributed by atoms with Crippen LogP contribution >= 0.6 is 11.6 Å². The summed E-state index contributed by atoms with van der Waals surface area (Å²) in [5.41, 5.74) is 2.47. The summed E-state index contributed by atoms with van der Waals surface area (Å²) >= 11 is 6.04. The van der Waals surface area contributed by atoms with Crippen LogP contribution in [-0.2, 0) is 6.54 Å². The number of nitrogens with one attached hydrogen (secondary N) is 2. The van der Waals surface area contributed by atoms with Gasteiger partial charge in [0.25, 0.3) is 0 Å². The normalized spacial score (nSPS) is 26.3. The molecule has 0 radical (unpaired) electrons. The second kappa shape index (κ2) is 5.64. The summed E-state index contributed by atoms with van der Waals surface area (Å²) in [4.78, 5) is 6.00. The van der Waals surface area contributed by atoms with Crippen LogP contribution in [0.15, 0.2) is 24.4 Å². The van der Waals surface area contributed by atoms with Gasteiger partial charge in [-0.15, -0.1) is 0 Å². The van der Waals surface area contributed by atoms with E-state index in [-0.39, 0.29) is 0 Å². The Bertz CT molecular complexity index is 636. The Kier molecular flexibility index (Phi) is 3.66. The van der Waals surface area contributed by atoms with Gasteiger partial charge in [-0.25, -0.2) is 0 Å². The number of hydrogen-bond donors (Lipinski definition) is 2. The molecule has 2 N–H and O–H groups in total. The number of aromatic amines is 1. The predicted molar refractivity (Wildman–Crippen MR) is 87.8 cm³/mol. The van der Waals surface area contributed by atoms with Crippen LogP contribution < -0.4 is 5.32 Å². The smallest absolute Gasteiger partial charge is 0.0472 e. The summed E-state index contributed by atoms with van der Waals surface area (Å²) in [5, 5.41) is 5.87. The fraction of sp³-hybridized carbons (Fsp3) is 0.529. The third kappa shape index (κ3) is 2.59. The molecule has 3 heterocycles. The van der Waals surface area contributed by atoms with Gasteiger partial charge >= 0.3 is 0 Å². The molecule has 0 saturated carbocycles. The first-order chi connectivity index (χ1) is 10.3. The minimum Gasteiger partial charge on any atom is -0.361 e. The van der Waals surface area contributed by atoms with E-state index in [0.717, 1.165) is 23.1 Å². The van der Waals surface area contributed by atoms with Gasteiger partial charge < -0.3 is 10.3 Å². The molecule has 2 saturated heterocycles. The molecule has 2 aliphatic heterocycles. The molecule has 2 aliphatic rings. The quantitative estimate of drug-likeness (QED) is 0.909. The van der Waals surface area contributed by atoms with E-state index in [1.54, 1.807) is 0 Å². The van der Waals surface area contributed by atoms with Crippen molar-refractivity contribution < 1.29 is 0 Å². The minimum absolute atomic E-state index is 0.655. The molecule has 0 spiro atoms. The highest BCUT2D eigenvalue weighted by Gasteiger charge is 2.34. The highest BCUT2D eigenvalue weighted by atomic mass is 35.5. The van der Waals surface area contributed by atoms with Crippen LogP contribution in [0.25, 0.3) is 10.9 Å². The van der Waals surface area contributed by atoms with Crippen LogP contribution in [0.1, 0.15) is 31.2 Å². The molecule has 0 bridgehead atoms. The molecule has 2 atom stereocenters. The van der Waals surface area contributed by atoms with Crippen LogP contribution in [0.3, 0.4) is 0 Å². The largest absolute Gasteiger partial charge is 0.361 e. The average Bonchev–Trinajstić information content (AvgIpc) is 3.08. The zero-order chi connectivity index (χ0) is 14.2. The van der Waals surface area contributed by atoms with Gasteiger partial charge in [-0.2, -0.15) is 0 Å². The van der Waals surface area contributed by atoms with Gasteiger partial charge in [0.1, 0.15) is 0 Å². The van der Waals surface area contributed by atoms with Gasteiger partial charge in [-0.05, 0) is 43.5 Å². The second-order valence-corrected chi connectivity index (χ2v) is 6.82. The summed E-state index contributed by atoms with van der Waals surface area (Å²) in [6, 6.07) is 7.51. The first-order valence-corrected chi connectivity index (χ1v) is 8.42. The topological polar surface area (TPSA) is 31.1 Å². The highest BCUT2D eigenvalue weighted by Crippen LogP contribution is 2.28. The fourth-order valence-electron chi connectivity index (χ4n) is 4.03.